The van der Waals surface area contributed by atoms with Crippen molar-refractivity contribution in [2.45, 2.75) is 13.8 Å². The van der Waals surface area contributed by atoms with Crippen molar-refractivity contribution >= 4 is 46.9 Å². The summed E-state index contributed by atoms with van der Waals surface area (Å²) in [5.41, 5.74) is 3.65. The summed E-state index contributed by atoms with van der Waals surface area (Å²) in [4.78, 5) is 67.6. The Hall–Kier alpha value is -5.63. The number of carbonyl (C=O) groups excluding carboxylic acids is 2. The molecule has 52 heavy (non-hydrogen) atoms. The van der Waals surface area contributed by atoms with Gasteiger partial charge in [-0.1, -0.05) is 0 Å². The molecule has 2 aromatic heterocycles. The molecule has 0 bridgehead atoms. The first kappa shape index (κ1) is 37.6. The Morgan fingerprint density at radius 1 is 0.712 bits per heavy atom. The zero-order valence-corrected chi connectivity index (χ0v) is 30.8. The third kappa shape index (κ3) is 8.99. The van der Waals surface area contributed by atoms with Gasteiger partial charge in [0.2, 0.25) is 0 Å². The highest BCUT2D eigenvalue weighted by atomic mass is 31.2. The van der Waals surface area contributed by atoms with E-state index in [1.165, 1.54) is 26.4 Å². The molecule has 0 saturated carbocycles. The lowest BCUT2D eigenvalue weighted by molar-refractivity contribution is 0.0592. The van der Waals surface area contributed by atoms with Crippen molar-refractivity contribution in [2.75, 3.05) is 54.7 Å². The number of H-pyrrole nitrogens is 2. The van der Waals surface area contributed by atoms with Crippen LogP contribution in [0.1, 0.15) is 34.6 Å². The number of hydrogen-bond donors (Lipinski definition) is 4. The van der Waals surface area contributed by atoms with Crippen molar-refractivity contribution in [1.82, 2.24) is 39.5 Å². The van der Waals surface area contributed by atoms with Crippen molar-refractivity contribution < 1.29 is 33.4 Å². The van der Waals surface area contributed by atoms with Crippen LogP contribution in [0.5, 0.6) is 0 Å². The Morgan fingerprint density at radius 2 is 1.13 bits per heavy atom. The highest BCUT2D eigenvalue weighted by Crippen LogP contribution is 2.37. The van der Waals surface area contributed by atoms with E-state index in [-0.39, 0.29) is 5.30 Å². The maximum Gasteiger partial charge on any atom is 0.356 e. The number of esters is 2. The molecule has 4 heterocycles. The Balaban J connectivity index is 0.000000267. The predicted octanol–water partition coefficient (Wildman–Crippen LogP) is 4.51. The molecule has 7 rings (SSSR count). The molecule has 16 heteroatoms. The van der Waals surface area contributed by atoms with E-state index in [4.69, 9.17) is 9.47 Å². The van der Waals surface area contributed by atoms with Gasteiger partial charge in [-0.25, -0.2) is 19.6 Å². The number of methoxy groups -OCH3 is 2. The quantitative estimate of drug-likeness (QED) is 0.136. The third-order valence-corrected chi connectivity index (χ3v) is 9.23. The molecule has 0 unspecified atom stereocenters. The molecule has 2 aliphatic rings. The van der Waals surface area contributed by atoms with Gasteiger partial charge in [0.15, 0.2) is 0 Å². The van der Waals surface area contributed by atoms with Crippen molar-refractivity contribution in [3.8, 4) is 22.8 Å². The lowest BCUT2D eigenvalue weighted by Gasteiger charge is -2.14. The number of aromatic amines is 2. The minimum atomic E-state index is -4.64. The highest BCUT2D eigenvalue weighted by molar-refractivity contribution is 7.60. The van der Waals surface area contributed by atoms with E-state index < -0.39 is 19.5 Å². The Bertz CT molecular complexity index is 2030. The van der Waals surface area contributed by atoms with Crippen LogP contribution >= 0.6 is 7.60 Å². The van der Waals surface area contributed by atoms with Gasteiger partial charge in [0.1, 0.15) is 11.6 Å². The topological polar surface area (TPSA) is 180 Å². The molecule has 0 radical (unpaired) electrons. The van der Waals surface area contributed by atoms with E-state index in [1.807, 2.05) is 0 Å². The van der Waals surface area contributed by atoms with Crippen LogP contribution in [-0.2, 0) is 14.0 Å². The second kappa shape index (κ2) is 16.1. The van der Waals surface area contributed by atoms with Crippen molar-refractivity contribution in [2.24, 2.45) is 0 Å². The largest absolute Gasteiger partial charge is 0.465 e. The predicted molar refractivity (Wildman–Crippen MR) is 199 cm³/mol. The molecule has 0 aliphatic carbocycles. The Labute approximate surface area is 301 Å². The van der Waals surface area contributed by atoms with Crippen LogP contribution in [0.2, 0.25) is 0 Å². The van der Waals surface area contributed by atoms with Crippen LogP contribution in [0.3, 0.4) is 0 Å². The molecule has 274 valence electrons. The van der Waals surface area contributed by atoms with Crippen LogP contribution < -0.4 is 5.30 Å². The van der Waals surface area contributed by atoms with Gasteiger partial charge in [0, 0.05) is 63.1 Å². The first-order valence-corrected chi connectivity index (χ1v) is 18.1. The monoisotopic (exact) mass is 730 g/mol. The zero-order chi connectivity index (χ0) is 37.6. The van der Waals surface area contributed by atoms with Gasteiger partial charge in [0.05, 0.1) is 66.1 Å². The molecule has 0 amide bonds. The molecular formula is C36H43N8O7P. The van der Waals surface area contributed by atoms with E-state index in [2.05, 4.69) is 92.3 Å². The Kier molecular flexibility index (Phi) is 11.7. The lowest BCUT2D eigenvalue weighted by Crippen LogP contribution is -2.21. The fourth-order valence-electron chi connectivity index (χ4n) is 5.42. The number of aromatic nitrogens is 4. The van der Waals surface area contributed by atoms with Crippen LogP contribution in [0, 0.1) is 0 Å². The molecule has 4 N–H and O–H groups in total. The molecule has 2 aliphatic heterocycles. The molecule has 15 nitrogen and oxygen atoms in total. The molecule has 5 aromatic rings. The van der Waals surface area contributed by atoms with Gasteiger partial charge in [-0.15, -0.1) is 0 Å². The molecular weight excluding hydrogens is 687 g/mol. The first-order valence-electron chi connectivity index (χ1n) is 16.4. The second-order valence-electron chi connectivity index (χ2n) is 12.1. The summed E-state index contributed by atoms with van der Waals surface area (Å²) in [6, 6.07) is 14.0. The van der Waals surface area contributed by atoms with Crippen molar-refractivity contribution in [3.63, 3.8) is 0 Å². The Morgan fingerprint density at radius 3 is 1.44 bits per heavy atom. The van der Waals surface area contributed by atoms with Crippen LogP contribution in [-0.4, -0.2) is 116 Å². The van der Waals surface area contributed by atoms with E-state index >= 15 is 0 Å². The van der Waals surface area contributed by atoms with E-state index in [0.717, 1.165) is 26.4 Å². The minimum Gasteiger partial charge on any atom is -0.465 e. The van der Waals surface area contributed by atoms with Gasteiger partial charge < -0.3 is 48.8 Å². The van der Waals surface area contributed by atoms with Gasteiger partial charge in [-0.3, -0.25) is 4.57 Å². The summed E-state index contributed by atoms with van der Waals surface area (Å²) < 4.78 is 21.7. The van der Waals surface area contributed by atoms with Gasteiger partial charge in [0.25, 0.3) is 0 Å². The summed E-state index contributed by atoms with van der Waals surface area (Å²) in [7, 11) is 2.08. The van der Waals surface area contributed by atoms with Crippen molar-refractivity contribution in [1.29, 1.82) is 0 Å². The maximum absolute atomic E-state index is 12.2. The molecule has 0 fully saturated rings. The van der Waals surface area contributed by atoms with Crippen LogP contribution in [0.4, 0.5) is 0 Å². The standard InChI is InChI=1S/C24H19N4O7P.2C6H12N2/c1-34-23(29)12-3-5-17-19(10-12)27-21(25-17)14-7-15(9-16(8-14)36(31,32)33)22-26-18-6-4-13(24(30)35-2)11-20(18)28-22;2*1-3-8-5-4-7(2)6-8/h3-11H,1-2H3,(H,25,27)(H,26,28)(H2,31,32,33);2*4-5H,3,6H2,1-2H3. The number of nitrogens with zero attached hydrogens (tertiary/aromatic N) is 6. The van der Waals surface area contributed by atoms with E-state index in [9.17, 15) is 23.9 Å². The fraction of sp³-hybridized carbons (Fsp3) is 0.278. The van der Waals surface area contributed by atoms with Crippen molar-refractivity contribution in [3.05, 3.63) is 90.5 Å². The number of rotatable bonds is 7. The molecule has 0 saturated heterocycles. The number of benzene rings is 3. The van der Waals surface area contributed by atoms with Gasteiger partial charge in [-0.05, 0) is 68.4 Å². The summed E-state index contributed by atoms with van der Waals surface area (Å²) >= 11 is 0. The molecule has 3 aromatic carbocycles. The highest BCUT2D eigenvalue weighted by Gasteiger charge is 2.22. The first-order chi connectivity index (χ1) is 24.8. The average molecular weight is 731 g/mol. The van der Waals surface area contributed by atoms with Crippen LogP contribution in [0.25, 0.3) is 44.8 Å². The summed E-state index contributed by atoms with van der Waals surface area (Å²) in [5, 5.41) is -0.221. The average Bonchev–Trinajstić information content (AvgIpc) is 3.96. The lowest BCUT2D eigenvalue weighted by atomic mass is 10.1. The molecule has 0 atom stereocenters. The van der Waals surface area contributed by atoms with Gasteiger partial charge >= 0.3 is 19.5 Å². The zero-order valence-electron chi connectivity index (χ0n) is 29.9. The number of carbonyl (C=O) groups is 2. The number of fused-ring (bicyclic) bond motifs is 2. The molecule has 0 spiro atoms. The fourth-order valence-corrected chi connectivity index (χ4v) is 6.03. The summed E-state index contributed by atoms with van der Waals surface area (Å²) in [6.45, 7) is 8.64. The number of ether oxygens (including phenoxy) is 2. The maximum atomic E-state index is 12.2. The number of imidazole rings is 2. The summed E-state index contributed by atoms with van der Waals surface area (Å²) in [5.74, 6) is -0.333. The minimum absolute atomic E-state index is 0.221. The number of nitrogens with one attached hydrogen (secondary N) is 2. The van der Waals surface area contributed by atoms with E-state index in [1.54, 1.807) is 42.5 Å². The summed E-state index contributed by atoms with van der Waals surface area (Å²) in [6.07, 6.45) is 8.40. The smallest absolute Gasteiger partial charge is 0.356 e. The third-order valence-electron chi connectivity index (χ3n) is 8.30. The number of hydrogen-bond acceptors (Lipinski definition) is 11. The van der Waals surface area contributed by atoms with E-state index in [0.29, 0.717) is 56.0 Å². The SMILES string of the molecule is CCN1C=CN(C)C1.CCN1C=CN(C)C1.COC(=O)c1ccc2[nH]c(-c3cc(-c4nc5cc(C(=O)OC)ccc5[nH]4)cc(P(=O)(O)O)c3)nc2c1. The van der Waals surface area contributed by atoms with Gasteiger partial charge in [-0.2, -0.15) is 0 Å². The second-order valence-corrected chi connectivity index (χ2v) is 13.7. The van der Waals surface area contributed by atoms with Crippen LogP contribution in [0.15, 0.2) is 79.4 Å². The normalized spacial score (nSPS) is 13.7.